The molecule has 0 saturated carbocycles. The van der Waals surface area contributed by atoms with Gasteiger partial charge in [-0.2, -0.15) is 20.6 Å². The third-order valence-corrected chi connectivity index (χ3v) is 2.85. The van der Waals surface area contributed by atoms with Gasteiger partial charge in [0.1, 0.15) is 0 Å². The van der Waals surface area contributed by atoms with Crippen LogP contribution in [-0.4, -0.2) is 45.6 Å². The van der Waals surface area contributed by atoms with Crippen LogP contribution in [0.4, 0.5) is 0 Å². The Hall–Kier alpha value is -2.58. The van der Waals surface area contributed by atoms with E-state index in [0.717, 1.165) is 25.1 Å². The maximum atomic E-state index is 4.09. The summed E-state index contributed by atoms with van der Waals surface area (Å²) in [6.45, 7) is 0.821. The smallest absolute Gasteiger partial charge is 0.174 e. The molecule has 19 heavy (non-hydrogen) atoms. The Bertz CT molecular complexity index is 482. The predicted octanol–water partition coefficient (Wildman–Crippen LogP) is -0.384. The van der Waals surface area contributed by atoms with Crippen molar-refractivity contribution < 1.29 is 0 Å². The van der Waals surface area contributed by atoms with E-state index in [-0.39, 0.29) is 0 Å². The van der Waals surface area contributed by atoms with Gasteiger partial charge in [0, 0.05) is 25.4 Å². The van der Waals surface area contributed by atoms with Gasteiger partial charge in [-0.3, -0.25) is 0 Å². The Kier molecular flexibility index (Phi) is 3.26. The highest BCUT2D eigenvalue weighted by atomic mass is 15.5. The first-order valence-corrected chi connectivity index (χ1v) is 5.93. The first-order valence-electron chi connectivity index (χ1n) is 5.93. The van der Waals surface area contributed by atoms with Crippen molar-refractivity contribution in [1.29, 1.82) is 0 Å². The topological polar surface area (TPSA) is 114 Å². The lowest BCUT2D eigenvalue weighted by Gasteiger charge is -2.14. The van der Waals surface area contributed by atoms with Gasteiger partial charge in [0.15, 0.2) is 5.82 Å². The third kappa shape index (κ3) is 3.00. The van der Waals surface area contributed by atoms with Gasteiger partial charge in [-0.15, -0.1) is 10.2 Å². The van der Waals surface area contributed by atoms with Gasteiger partial charge < -0.3 is 4.57 Å². The summed E-state index contributed by atoms with van der Waals surface area (Å²) in [4.78, 5) is 4.05. The van der Waals surface area contributed by atoms with E-state index in [1.165, 1.54) is 0 Å². The molecule has 98 valence electrons. The summed E-state index contributed by atoms with van der Waals surface area (Å²) in [5.41, 5.74) is 0.925. The maximum absolute atomic E-state index is 4.09. The molecule has 0 saturated heterocycles. The number of nitrogens with one attached hydrogen (secondary N) is 2. The molecule has 1 atom stereocenters. The van der Waals surface area contributed by atoms with Crippen LogP contribution in [0.3, 0.4) is 0 Å². The molecular weight excluding hydrogens is 246 g/mol. The van der Waals surface area contributed by atoms with Crippen molar-refractivity contribution in [3.8, 4) is 0 Å². The zero-order valence-electron chi connectivity index (χ0n) is 10.1. The number of imidazole rings is 1. The normalized spacial score (nSPS) is 12.6. The van der Waals surface area contributed by atoms with E-state index in [1.807, 2.05) is 10.8 Å². The maximum Gasteiger partial charge on any atom is 0.174 e. The van der Waals surface area contributed by atoms with Crippen molar-refractivity contribution in [2.24, 2.45) is 5.92 Å². The number of nitrogens with zero attached hydrogens (tertiary/aromatic N) is 7. The zero-order valence-corrected chi connectivity index (χ0v) is 10.1. The molecule has 0 aromatic carbocycles. The number of hydrogen-bond donors (Lipinski definition) is 2. The van der Waals surface area contributed by atoms with Crippen LogP contribution in [0, 0.1) is 5.92 Å². The average Bonchev–Trinajstić information content (AvgIpc) is 3.10. The molecule has 3 rings (SSSR count). The lowest BCUT2D eigenvalue weighted by Crippen LogP contribution is -2.16. The third-order valence-electron chi connectivity index (χ3n) is 2.85. The molecule has 9 nitrogen and oxygen atoms in total. The zero-order chi connectivity index (χ0) is 12.9. The van der Waals surface area contributed by atoms with E-state index in [2.05, 4.69) is 41.0 Å². The predicted molar refractivity (Wildman–Crippen MR) is 63.7 cm³/mol. The van der Waals surface area contributed by atoms with Crippen LogP contribution in [0.25, 0.3) is 0 Å². The highest BCUT2D eigenvalue weighted by Gasteiger charge is 2.15. The van der Waals surface area contributed by atoms with E-state index in [4.69, 9.17) is 0 Å². The summed E-state index contributed by atoms with van der Waals surface area (Å²) in [6, 6.07) is 0. The van der Waals surface area contributed by atoms with Gasteiger partial charge in [0.05, 0.1) is 18.2 Å². The van der Waals surface area contributed by atoms with Gasteiger partial charge in [0.2, 0.25) is 0 Å². The Morgan fingerprint density at radius 2 is 2.21 bits per heavy atom. The largest absolute Gasteiger partial charge is 0.337 e. The Morgan fingerprint density at radius 3 is 2.89 bits per heavy atom. The molecule has 0 amide bonds. The van der Waals surface area contributed by atoms with Crippen molar-refractivity contribution in [3.63, 3.8) is 0 Å². The number of H-pyrrole nitrogens is 2. The van der Waals surface area contributed by atoms with Crippen molar-refractivity contribution in [2.75, 3.05) is 0 Å². The molecule has 3 heterocycles. The highest BCUT2D eigenvalue weighted by molar-refractivity contribution is 4.95. The van der Waals surface area contributed by atoms with E-state index in [9.17, 15) is 0 Å². The molecule has 0 spiro atoms. The van der Waals surface area contributed by atoms with Crippen molar-refractivity contribution in [3.05, 3.63) is 36.4 Å². The number of aromatic nitrogens is 9. The van der Waals surface area contributed by atoms with Crippen LogP contribution in [0.1, 0.15) is 11.5 Å². The minimum Gasteiger partial charge on any atom is -0.337 e. The lowest BCUT2D eigenvalue weighted by atomic mass is 9.99. The molecule has 0 aliphatic heterocycles. The van der Waals surface area contributed by atoms with E-state index in [1.54, 1.807) is 18.7 Å². The average molecular weight is 259 g/mol. The van der Waals surface area contributed by atoms with Gasteiger partial charge in [-0.1, -0.05) is 5.21 Å². The van der Waals surface area contributed by atoms with Gasteiger partial charge in [0.25, 0.3) is 0 Å². The fraction of sp³-hybridized carbons (Fsp3) is 0.400. The Labute approximate surface area is 108 Å². The first-order chi connectivity index (χ1) is 9.40. The summed E-state index contributed by atoms with van der Waals surface area (Å²) < 4.78 is 2.03. The summed E-state index contributed by atoms with van der Waals surface area (Å²) in [5.74, 6) is 1.01. The second-order valence-electron chi connectivity index (χ2n) is 4.32. The summed E-state index contributed by atoms with van der Waals surface area (Å²) in [7, 11) is 0. The van der Waals surface area contributed by atoms with Crippen molar-refractivity contribution in [1.82, 2.24) is 45.6 Å². The summed E-state index contributed by atoms with van der Waals surface area (Å²) in [6.07, 6.45) is 8.75. The lowest BCUT2D eigenvalue weighted by molar-refractivity contribution is 0.426. The molecule has 0 aliphatic carbocycles. The minimum absolute atomic E-state index is 0.303. The number of aromatic amines is 2. The van der Waals surface area contributed by atoms with E-state index in [0.29, 0.717) is 11.7 Å². The monoisotopic (exact) mass is 259 g/mol. The van der Waals surface area contributed by atoms with Crippen molar-refractivity contribution >= 4 is 0 Å². The van der Waals surface area contributed by atoms with Gasteiger partial charge in [-0.25, -0.2) is 4.98 Å². The fourth-order valence-corrected chi connectivity index (χ4v) is 2.04. The highest BCUT2D eigenvalue weighted by Crippen LogP contribution is 2.12. The number of tetrazole rings is 1. The van der Waals surface area contributed by atoms with Gasteiger partial charge in [-0.05, 0) is 12.3 Å². The molecule has 3 aromatic rings. The molecule has 2 N–H and O–H groups in total. The summed E-state index contributed by atoms with van der Waals surface area (Å²) >= 11 is 0. The van der Waals surface area contributed by atoms with E-state index >= 15 is 0 Å². The molecule has 0 bridgehead atoms. The second kappa shape index (κ2) is 5.38. The van der Waals surface area contributed by atoms with Crippen LogP contribution in [0.2, 0.25) is 0 Å². The number of hydrogen-bond acceptors (Lipinski definition) is 6. The quantitative estimate of drug-likeness (QED) is 0.623. The molecule has 0 fully saturated rings. The van der Waals surface area contributed by atoms with Gasteiger partial charge >= 0.3 is 0 Å². The van der Waals surface area contributed by atoms with Crippen LogP contribution >= 0.6 is 0 Å². The fourth-order valence-electron chi connectivity index (χ4n) is 2.04. The molecular formula is C10H13N9. The minimum atomic E-state index is 0.303. The Morgan fingerprint density at radius 1 is 1.21 bits per heavy atom. The standard InChI is InChI=1S/C10H13N9/c1-2-19(7-11-1)6-8(3-9-5-12-16-13-9)4-10-14-17-18-15-10/h1-2,5,7-8H,3-4,6H2,(H,12,13,16)(H,14,15,17,18). The summed E-state index contributed by atoms with van der Waals surface area (Å²) in [5, 5.41) is 24.6. The molecule has 3 aromatic heterocycles. The van der Waals surface area contributed by atoms with Crippen LogP contribution in [-0.2, 0) is 19.4 Å². The second-order valence-corrected chi connectivity index (χ2v) is 4.32. The molecule has 0 aliphatic rings. The van der Waals surface area contributed by atoms with Crippen molar-refractivity contribution in [2.45, 2.75) is 19.4 Å². The first kappa shape index (κ1) is 11.5. The van der Waals surface area contributed by atoms with Crippen LogP contribution in [0.5, 0.6) is 0 Å². The molecule has 9 heteroatoms. The molecule has 1 unspecified atom stereocenters. The van der Waals surface area contributed by atoms with E-state index < -0.39 is 0 Å². The SMILES string of the molecule is c1cn(CC(Cc2cn[nH]n2)Cc2nn[nH]n2)cn1. The Balaban J connectivity index is 1.70. The molecule has 0 radical (unpaired) electrons. The number of rotatable bonds is 6. The van der Waals surface area contributed by atoms with Crippen LogP contribution in [0.15, 0.2) is 24.9 Å². The van der Waals surface area contributed by atoms with Crippen LogP contribution < -0.4 is 0 Å².